The van der Waals surface area contributed by atoms with Crippen LogP contribution in [0.2, 0.25) is 0 Å². The molecule has 2 heterocycles. The van der Waals surface area contributed by atoms with Gasteiger partial charge in [0.2, 0.25) is 0 Å². The predicted octanol–water partition coefficient (Wildman–Crippen LogP) is 2.96. The van der Waals surface area contributed by atoms with Crippen molar-refractivity contribution < 1.29 is 4.79 Å². The van der Waals surface area contributed by atoms with E-state index in [-0.39, 0.29) is 11.2 Å². The fourth-order valence-electron chi connectivity index (χ4n) is 3.62. The molecule has 0 radical (unpaired) electrons. The molecule has 0 aliphatic carbocycles. The Morgan fingerprint density at radius 1 is 1.24 bits per heavy atom. The zero-order valence-electron chi connectivity index (χ0n) is 13.2. The van der Waals surface area contributed by atoms with Crippen LogP contribution in [0.4, 0.5) is 5.69 Å². The quantitative estimate of drug-likeness (QED) is 0.797. The lowest BCUT2D eigenvalue weighted by Crippen LogP contribution is -2.29. The van der Waals surface area contributed by atoms with E-state index in [0.717, 1.165) is 18.8 Å². The number of para-hydroxylation sites is 1. The van der Waals surface area contributed by atoms with Gasteiger partial charge in [0.1, 0.15) is 0 Å². The van der Waals surface area contributed by atoms with Crippen LogP contribution in [0.1, 0.15) is 32.3 Å². The number of carbonyl (C=O) groups is 1. The van der Waals surface area contributed by atoms with Crippen molar-refractivity contribution >= 4 is 11.5 Å². The summed E-state index contributed by atoms with van der Waals surface area (Å²) < 4.78 is 0. The number of likely N-dealkylation sites (N-methyl/N-ethyl adjacent to an activating group) is 1. The molecular formula is C18H24N2O. The minimum atomic E-state index is -0.105. The van der Waals surface area contributed by atoms with E-state index in [1.807, 2.05) is 6.08 Å². The Morgan fingerprint density at radius 2 is 1.90 bits per heavy atom. The van der Waals surface area contributed by atoms with Gasteiger partial charge in [-0.15, -0.1) is 0 Å². The van der Waals surface area contributed by atoms with Crippen molar-refractivity contribution in [3.63, 3.8) is 0 Å². The summed E-state index contributed by atoms with van der Waals surface area (Å²) in [5, 5.41) is 0. The average Bonchev–Trinajstić information content (AvgIpc) is 3.02. The third-order valence-corrected chi connectivity index (χ3v) is 4.82. The van der Waals surface area contributed by atoms with Crippen molar-refractivity contribution in [2.24, 2.45) is 0 Å². The molecule has 0 atom stereocenters. The highest BCUT2D eigenvalue weighted by atomic mass is 16.1. The number of likely N-dealkylation sites (tertiary alicyclic amines) is 1. The van der Waals surface area contributed by atoms with Gasteiger partial charge in [-0.3, -0.25) is 9.69 Å². The molecular weight excluding hydrogens is 260 g/mol. The SMILES string of the molecule is CN1C(=CC(=O)CN2CCCC2)C(C)(C)c2ccccc21. The maximum absolute atomic E-state index is 12.4. The van der Waals surface area contributed by atoms with Crippen LogP contribution >= 0.6 is 0 Å². The van der Waals surface area contributed by atoms with Crippen LogP contribution in [-0.4, -0.2) is 37.4 Å². The van der Waals surface area contributed by atoms with Gasteiger partial charge < -0.3 is 4.90 Å². The molecule has 3 nitrogen and oxygen atoms in total. The zero-order valence-corrected chi connectivity index (χ0v) is 13.2. The number of carbonyl (C=O) groups excluding carboxylic acids is 1. The molecule has 1 aromatic carbocycles. The molecule has 1 saturated heterocycles. The second kappa shape index (κ2) is 5.30. The fraction of sp³-hybridized carbons (Fsp3) is 0.500. The number of rotatable bonds is 3. The van der Waals surface area contributed by atoms with Crippen LogP contribution in [0.15, 0.2) is 36.0 Å². The van der Waals surface area contributed by atoms with Gasteiger partial charge in [-0.25, -0.2) is 0 Å². The van der Waals surface area contributed by atoms with Crippen molar-refractivity contribution in [2.45, 2.75) is 32.1 Å². The summed E-state index contributed by atoms with van der Waals surface area (Å²) in [6, 6.07) is 8.42. The molecule has 112 valence electrons. The number of benzene rings is 1. The summed E-state index contributed by atoms with van der Waals surface area (Å²) in [7, 11) is 2.06. The smallest absolute Gasteiger partial charge is 0.171 e. The molecule has 0 spiro atoms. The first-order valence-corrected chi connectivity index (χ1v) is 7.81. The minimum absolute atomic E-state index is 0.105. The Labute approximate surface area is 127 Å². The highest BCUT2D eigenvalue weighted by molar-refractivity contribution is 5.94. The maximum atomic E-state index is 12.4. The highest BCUT2D eigenvalue weighted by Gasteiger charge is 2.38. The lowest BCUT2D eigenvalue weighted by Gasteiger charge is -2.24. The van der Waals surface area contributed by atoms with Gasteiger partial charge in [0.25, 0.3) is 0 Å². The lowest BCUT2D eigenvalue weighted by molar-refractivity contribution is -0.115. The Hall–Kier alpha value is -1.61. The lowest BCUT2D eigenvalue weighted by atomic mass is 9.83. The molecule has 0 bridgehead atoms. The molecule has 0 aromatic heterocycles. The summed E-state index contributed by atoms with van der Waals surface area (Å²) in [4.78, 5) is 16.8. The van der Waals surface area contributed by atoms with Crippen molar-refractivity contribution in [1.29, 1.82) is 0 Å². The molecule has 3 rings (SSSR count). The first kappa shape index (κ1) is 14.3. The minimum Gasteiger partial charge on any atom is -0.347 e. The molecule has 0 amide bonds. The standard InChI is InChI=1S/C18H24N2O/c1-18(2)15-8-4-5-9-16(15)19(3)17(18)12-14(21)13-20-10-6-7-11-20/h4-5,8-9,12H,6-7,10-11,13H2,1-3H3. The number of allylic oxidation sites excluding steroid dienone is 1. The molecule has 21 heavy (non-hydrogen) atoms. The van der Waals surface area contributed by atoms with E-state index < -0.39 is 0 Å². The van der Waals surface area contributed by atoms with Gasteiger partial charge in [0.15, 0.2) is 5.78 Å². The van der Waals surface area contributed by atoms with Gasteiger partial charge in [-0.05, 0) is 37.6 Å². The molecule has 1 aromatic rings. The normalized spacial score (nSPS) is 22.8. The Bertz CT molecular complexity index is 583. The van der Waals surface area contributed by atoms with E-state index in [1.165, 1.54) is 24.1 Å². The van der Waals surface area contributed by atoms with E-state index in [0.29, 0.717) is 6.54 Å². The number of anilines is 1. The van der Waals surface area contributed by atoms with E-state index in [2.05, 4.69) is 55.0 Å². The molecule has 2 aliphatic rings. The highest BCUT2D eigenvalue weighted by Crippen LogP contribution is 2.46. The van der Waals surface area contributed by atoms with Crippen molar-refractivity contribution in [3.05, 3.63) is 41.6 Å². The Kier molecular flexibility index (Phi) is 3.62. The summed E-state index contributed by atoms with van der Waals surface area (Å²) in [5.41, 5.74) is 3.51. The first-order valence-electron chi connectivity index (χ1n) is 7.81. The van der Waals surface area contributed by atoms with Gasteiger partial charge in [-0.1, -0.05) is 32.0 Å². The zero-order chi connectivity index (χ0) is 15.0. The molecule has 3 heteroatoms. The monoisotopic (exact) mass is 284 g/mol. The van der Waals surface area contributed by atoms with Gasteiger partial charge in [0.05, 0.1) is 6.54 Å². The summed E-state index contributed by atoms with van der Waals surface area (Å²) >= 11 is 0. The largest absolute Gasteiger partial charge is 0.347 e. The summed E-state index contributed by atoms with van der Waals surface area (Å²) in [6.07, 6.45) is 4.31. The second-order valence-electron chi connectivity index (χ2n) is 6.68. The van der Waals surface area contributed by atoms with Gasteiger partial charge in [0, 0.05) is 29.9 Å². The second-order valence-corrected chi connectivity index (χ2v) is 6.68. The van der Waals surface area contributed by atoms with Crippen molar-refractivity contribution in [2.75, 3.05) is 31.6 Å². The van der Waals surface area contributed by atoms with Crippen LogP contribution < -0.4 is 4.90 Å². The third kappa shape index (κ3) is 2.51. The molecule has 0 unspecified atom stereocenters. The van der Waals surface area contributed by atoms with Gasteiger partial charge >= 0.3 is 0 Å². The summed E-state index contributed by atoms with van der Waals surface area (Å²) in [6.45, 7) is 7.08. The average molecular weight is 284 g/mol. The Morgan fingerprint density at radius 3 is 2.57 bits per heavy atom. The van der Waals surface area contributed by atoms with Crippen molar-refractivity contribution in [3.8, 4) is 0 Å². The van der Waals surface area contributed by atoms with Crippen LogP contribution in [0.3, 0.4) is 0 Å². The van der Waals surface area contributed by atoms with E-state index in [1.54, 1.807) is 0 Å². The van der Waals surface area contributed by atoms with Crippen LogP contribution in [0.5, 0.6) is 0 Å². The van der Waals surface area contributed by atoms with Crippen LogP contribution in [0, 0.1) is 0 Å². The summed E-state index contributed by atoms with van der Waals surface area (Å²) in [5.74, 6) is 0.222. The number of ketones is 1. The van der Waals surface area contributed by atoms with Crippen LogP contribution in [0.25, 0.3) is 0 Å². The maximum Gasteiger partial charge on any atom is 0.171 e. The first-order chi connectivity index (χ1) is 10.00. The van der Waals surface area contributed by atoms with Crippen molar-refractivity contribution in [1.82, 2.24) is 4.90 Å². The fourth-order valence-corrected chi connectivity index (χ4v) is 3.62. The number of hydrogen-bond donors (Lipinski definition) is 0. The number of fused-ring (bicyclic) bond motifs is 1. The number of hydrogen-bond acceptors (Lipinski definition) is 3. The van der Waals surface area contributed by atoms with E-state index in [4.69, 9.17) is 0 Å². The molecule has 2 aliphatic heterocycles. The number of nitrogens with zero attached hydrogens (tertiary/aromatic N) is 2. The predicted molar refractivity (Wildman–Crippen MR) is 86.6 cm³/mol. The van der Waals surface area contributed by atoms with Gasteiger partial charge in [-0.2, -0.15) is 0 Å². The van der Waals surface area contributed by atoms with E-state index in [9.17, 15) is 4.79 Å². The van der Waals surface area contributed by atoms with E-state index >= 15 is 0 Å². The van der Waals surface area contributed by atoms with Crippen LogP contribution in [-0.2, 0) is 10.2 Å². The third-order valence-electron chi connectivity index (χ3n) is 4.82. The Balaban J connectivity index is 1.85. The molecule has 1 fully saturated rings. The topological polar surface area (TPSA) is 23.6 Å². The molecule has 0 saturated carbocycles. The molecule has 0 N–H and O–H groups in total.